The van der Waals surface area contributed by atoms with Crippen LogP contribution in [0, 0.1) is 0 Å². The Labute approximate surface area is 128 Å². The first-order valence-corrected chi connectivity index (χ1v) is 7.54. The first-order chi connectivity index (χ1) is 9.34. The molecule has 0 aromatic heterocycles. The smallest absolute Gasteiger partial charge is 0.223 e. The van der Waals surface area contributed by atoms with E-state index in [2.05, 4.69) is 41.5 Å². The van der Waals surface area contributed by atoms with Crippen LogP contribution in [0.3, 0.4) is 0 Å². The number of hydroxylamine groups is 1. The average Bonchev–Trinajstić information content (AvgIpc) is 2.27. The van der Waals surface area contributed by atoms with Gasteiger partial charge in [0.2, 0.25) is 6.21 Å². The highest BCUT2D eigenvalue weighted by atomic mass is 16.5. The third-order valence-corrected chi connectivity index (χ3v) is 3.56. The summed E-state index contributed by atoms with van der Waals surface area (Å²) in [4.78, 5) is 0. The number of aromatic hydroxyl groups is 1. The van der Waals surface area contributed by atoms with E-state index in [0.29, 0.717) is 5.75 Å². The zero-order chi connectivity index (χ0) is 16.6. The first-order valence-electron chi connectivity index (χ1n) is 7.54. The molecule has 1 aromatic carbocycles. The van der Waals surface area contributed by atoms with Crippen LogP contribution in [0.1, 0.15) is 72.1 Å². The summed E-state index contributed by atoms with van der Waals surface area (Å²) in [7, 11) is 0. The second-order valence-electron chi connectivity index (χ2n) is 8.07. The molecule has 0 fully saturated rings. The lowest BCUT2D eigenvalue weighted by Gasteiger charge is -2.27. The van der Waals surface area contributed by atoms with E-state index in [4.69, 9.17) is 0 Å². The predicted octanol–water partition coefficient (Wildman–Crippen LogP) is 4.22. The van der Waals surface area contributed by atoms with Crippen molar-refractivity contribution >= 4 is 6.21 Å². The van der Waals surface area contributed by atoms with Gasteiger partial charge >= 0.3 is 0 Å². The van der Waals surface area contributed by atoms with E-state index in [1.165, 1.54) is 4.74 Å². The maximum Gasteiger partial charge on any atom is 0.223 e. The Balaban J connectivity index is 3.59. The molecule has 1 aromatic rings. The second kappa shape index (κ2) is 5.70. The lowest BCUT2D eigenvalue weighted by atomic mass is 9.78. The zero-order valence-corrected chi connectivity index (χ0v) is 14.7. The molecular formula is C18H30NO2+. The van der Waals surface area contributed by atoms with Gasteiger partial charge in [-0.05, 0) is 27.7 Å². The molecule has 0 radical (unpaired) electrons. The maximum atomic E-state index is 10.6. The molecule has 0 saturated heterocycles. The van der Waals surface area contributed by atoms with Gasteiger partial charge in [-0.1, -0.05) is 41.5 Å². The Morgan fingerprint density at radius 1 is 0.952 bits per heavy atom. The molecule has 1 rings (SSSR count). The maximum absolute atomic E-state index is 10.6. The summed E-state index contributed by atoms with van der Waals surface area (Å²) in [6.45, 7) is 16.3. The van der Waals surface area contributed by atoms with Crippen molar-refractivity contribution in [2.75, 3.05) is 0 Å². The van der Waals surface area contributed by atoms with Gasteiger partial charge in [0.25, 0.3) is 0 Å². The van der Waals surface area contributed by atoms with Gasteiger partial charge in [-0.2, -0.15) is 0 Å². The van der Waals surface area contributed by atoms with Crippen LogP contribution in [0.4, 0.5) is 0 Å². The molecule has 0 saturated carbocycles. The minimum Gasteiger partial charge on any atom is -0.507 e. The van der Waals surface area contributed by atoms with Gasteiger partial charge in [-0.3, -0.25) is 5.21 Å². The third-order valence-electron chi connectivity index (χ3n) is 3.56. The van der Waals surface area contributed by atoms with Crippen molar-refractivity contribution in [3.63, 3.8) is 0 Å². The monoisotopic (exact) mass is 292 g/mol. The summed E-state index contributed by atoms with van der Waals surface area (Å²) >= 11 is 0. The largest absolute Gasteiger partial charge is 0.507 e. The SMILES string of the molecule is CC(C)/[N+](O)=C/c1cc(C(C)(C)C)c(O)c(C(C)(C)C)c1. The van der Waals surface area contributed by atoms with Gasteiger partial charge in [0, 0.05) is 30.5 Å². The second-order valence-corrected chi connectivity index (χ2v) is 8.07. The quantitative estimate of drug-likeness (QED) is 0.371. The number of hydrogen-bond donors (Lipinski definition) is 2. The molecular weight excluding hydrogens is 262 g/mol. The standard InChI is InChI=1S/C18H29NO2/c1-12(2)19(21)11-13-9-14(17(3,4)5)16(20)15(10-13)18(6,7)8/h9-12,21H,1-8H3/p+1. The van der Waals surface area contributed by atoms with Crippen LogP contribution in [0.5, 0.6) is 5.75 Å². The van der Waals surface area contributed by atoms with Crippen LogP contribution in [-0.4, -0.2) is 27.3 Å². The van der Waals surface area contributed by atoms with Gasteiger partial charge in [-0.15, -0.1) is 0 Å². The van der Waals surface area contributed by atoms with Crippen LogP contribution in [0.2, 0.25) is 0 Å². The molecule has 0 aliphatic heterocycles. The fourth-order valence-electron chi connectivity index (χ4n) is 2.18. The van der Waals surface area contributed by atoms with Crippen molar-refractivity contribution < 1.29 is 15.1 Å². The van der Waals surface area contributed by atoms with E-state index < -0.39 is 0 Å². The highest BCUT2D eigenvalue weighted by molar-refractivity contribution is 5.77. The topological polar surface area (TPSA) is 43.5 Å². The summed E-state index contributed by atoms with van der Waals surface area (Å²) in [5, 5.41) is 20.6. The molecule has 2 N–H and O–H groups in total. The number of benzene rings is 1. The van der Waals surface area contributed by atoms with Gasteiger partial charge in [-0.25, -0.2) is 0 Å². The minimum absolute atomic E-state index is 0.00924. The fraction of sp³-hybridized carbons (Fsp3) is 0.611. The molecule has 0 unspecified atom stereocenters. The number of phenolic OH excluding ortho intramolecular Hbond substituents is 1. The molecule has 3 heteroatoms. The van der Waals surface area contributed by atoms with E-state index in [1.807, 2.05) is 26.0 Å². The van der Waals surface area contributed by atoms with Crippen molar-refractivity contribution in [1.29, 1.82) is 0 Å². The Kier molecular flexibility index (Phi) is 4.76. The van der Waals surface area contributed by atoms with E-state index in [-0.39, 0.29) is 16.9 Å². The van der Waals surface area contributed by atoms with E-state index in [1.54, 1.807) is 6.21 Å². The Bertz CT molecular complexity index is 508. The van der Waals surface area contributed by atoms with Crippen molar-refractivity contribution in [1.82, 2.24) is 0 Å². The third kappa shape index (κ3) is 4.23. The molecule has 21 heavy (non-hydrogen) atoms. The lowest BCUT2D eigenvalue weighted by molar-refractivity contribution is -0.791. The van der Waals surface area contributed by atoms with Crippen LogP contribution < -0.4 is 0 Å². The predicted molar refractivity (Wildman–Crippen MR) is 87.9 cm³/mol. The van der Waals surface area contributed by atoms with Gasteiger partial charge in [0.05, 0.1) is 0 Å². The summed E-state index contributed by atoms with van der Waals surface area (Å²) in [6.07, 6.45) is 1.72. The number of hydrogen-bond acceptors (Lipinski definition) is 2. The van der Waals surface area contributed by atoms with Gasteiger partial charge in [0.1, 0.15) is 5.75 Å². The Hall–Kier alpha value is -1.51. The van der Waals surface area contributed by atoms with Crippen molar-refractivity contribution in [2.24, 2.45) is 0 Å². The van der Waals surface area contributed by atoms with E-state index in [9.17, 15) is 10.3 Å². The van der Waals surface area contributed by atoms with Crippen LogP contribution in [-0.2, 0) is 10.8 Å². The summed E-state index contributed by atoms with van der Waals surface area (Å²) in [6, 6.07) is 3.92. The number of nitrogens with zero attached hydrogens (tertiary/aromatic N) is 1. The van der Waals surface area contributed by atoms with Crippen LogP contribution >= 0.6 is 0 Å². The molecule has 0 bridgehead atoms. The Morgan fingerprint density at radius 2 is 1.33 bits per heavy atom. The number of phenols is 1. The van der Waals surface area contributed by atoms with E-state index >= 15 is 0 Å². The van der Waals surface area contributed by atoms with Gasteiger partial charge < -0.3 is 5.11 Å². The fourth-order valence-corrected chi connectivity index (χ4v) is 2.18. The Morgan fingerprint density at radius 3 is 1.62 bits per heavy atom. The van der Waals surface area contributed by atoms with Crippen molar-refractivity contribution in [2.45, 2.75) is 72.3 Å². The summed E-state index contributed by atoms with van der Waals surface area (Å²) in [5.41, 5.74) is 2.38. The summed E-state index contributed by atoms with van der Waals surface area (Å²) in [5.74, 6) is 0.362. The van der Waals surface area contributed by atoms with E-state index in [0.717, 1.165) is 16.7 Å². The lowest BCUT2D eigenvalue weighted by Crippen LogP contribution is -2.20. The van der Waals surface area contributed by atoms with Crippen molar-refractivity contribution in [3.05, 3.63) is 28.8 Å². The first kappa shape index (κ1) is 17.5. The molecule has 0 amide bonds. The normalized spacial score (nSPS) is 13.9. The molecule has 118 valence electrons. The highest BCUT2D eigenvalue weighted by Gasteiger charge is 2.27. The molecule has 3 nitrogen and oxygen atoms in total. The van der Waals surface area contributed by atoms with Crippen molar-refractivity contribution in [3.8, 4) is 5.75 Å². The molecule has 0 heterocycles. The summed E-state index contributed by atoms with van der Waals surface area (Å²) < 4.78 is 1.20. The van der Waals surface area contributed by atoms with Crippen LogP contribution in [0.25, 0.3) is 0 Å². The molecule has 0 atom stereocenters. The average molecular weight is 292 g/mol. The highest BCUT2D eigenvalue weighted by Crippen LogP contribution is 2.39. The molecule has 0 aliphatic carbocycles. The molecule has 0 spiro atoms. The van der Waals surface area contributed by atoms with Crippen LogP contribution in [0.15, 0.2) is 12.1 Å². The zero-order valence-electron chi connectivity index (χ0n) is 14.7. The van der Waals surface area contributed by atoms with Gasteiger partial charge in [0.15, 0.2) is 6.04 Å². The minimum atomic E-state index is -0.161. The molecule has 0 aliphatic rings. The number of rotatable bonds is 2.